The first-order valence-electron chi connectivity index (χ1n) is 14.6. The maximum absolute atomic E-state index is 12.0. The van der Waals surface area contributed by atoms with Gasteiger partial charge in [-0.3, -0.25) is 9.59 Å². The molecular weight excluding hydrogens is 670 g/mol. The predicted molar refractivity (Wildman–Crippen MR) is 167 cm³/mol. The molecule has 4 aliphatic rings. The molecule has 4 rings (SSSR count). The van der Waals surface area contributed by atoms with Crippen LogP contribution >= 0.6 is 35.1 Å². The number of carbonyl (C=O) groups is 6. The maximum Gasteiger partial charge on any atom is 0.419 e. The lowest BCUT2D eigenvalue weighted by Gasteiger charge is -2.19. The first kappa shape index (κ1) is 37.2. The zero-order valence-electron chi connectivity index (χ0n) is 25.5. The second-order valence-corrected chi connectivity index (χ2v) is 13.3. The molecule has 0 bridgehead atoms. The van der Waals surface area contributed by atoms with Gasteiger partial charge >= 0.3 is 36.2 Å². The van der Waals surface area contributed by atoms with Crippen molar-refractivity contribution in [2.24, 2.45) is 5.11 Å². The van der Waals surface area contributed by atoms with E-state index in [1.807, 2.05) is 0 Å². The quantitative estimate of drug-likeness (QED) is 0.0407. The molecule has 20 heteroatoms. The van der Waals surface area contributed by atoms with E-state index >= 15 is 0 Å². The van der Waals surface area contributed by atoms with Crippen molar-refractivity contribution in [1.82, 2.24) is 20.4 Å². The van der Waals surface area contributed by atoms with Gasteiger partial charge in [-0.25, -0.2) is 29.0 Å². The summed E-state index contributed by atoms with van der Waals surface area (Å²) >= 11 is 8.79. The summed E-state index contributed by atoms with van der Waals surface area (Å²) in [6.45, 7) is -0.444. The number of hydrogen-bond donors (Lipinski definition) is 2. The summed E-state index contributed by atoms with van der Waals surface area (Å²) in [6, 6.07) is -1.86. The number of alkyl halides is 1. The van der Waals surface area contributed by atoms with Crippen LogP contribution in [0, 0.1) is 0 Å². The number of amides is 6. The zero-order chi connectivity index (χ0) is 33.6. The van der Waals surface area contributed by atoms with Gasteiger partial charge in [0.15, 0.2) is 12.8 Å². The van der Waals surface area contributed by atoms with Crippen LogP contribution in [0.2, 0.25) is 0 Å². The Hall–Kier alpha value is -3.28. The Morgan fingerprint density at radius 2 is 1.30 bits per heavy atom. The van der Waals surface area contributed by atoms with Crippen molar-refractivity contribution in [3.63, 3.8) is 0 Å². The number of imide groups is 2. The van der Waals surface area contributed by atoms with Crippen molar-refractivity contribution in [2.75, 3.05) is 38.5 Å². The summed E-state index contributed by atoms with van der Waals surface area (Å²) in [5.74, 6) is 0.876. The molecule has 256 valence electrons. The summed E-state index contributed by atoms with van der Waals surface area (Å²) in [7, 11) is 2.74. The van der Waals surface area contributed by atoms with E-state index in [4.69, 9.17) is 26.6 Å². The van der Waals surface area contributed by atoms with Crippen molar-refractivity contribution in [3.05, 3.63) is 10.4 Å². The van der Waals surface area contributed by atoms with Gasteiger partial charge in [0.2, 0.25) is 0 Å². The molecule has 0 aromatic heterocycles. The number of unbranched alkanes of at least 4 members (excludes halogenated alkanes) is 2. The van der Waals surface area contributed by atoms with Crippen LogP contribution in [0.25, 0.3) is 10.4 Å². The summed E-state index contributed by atoms with van der Waals surface area (Å²) in [5, 5.41) is 9.20. The molecule has 4 heterocycles. The highest BCUT2D eigenvalue weighted by Crippen LogP contribution is 2.38. The van der Waals surface area contributed by atoms with Gasteiger partial charge in [-0.15, -0.1) is 0 Å². The van der Waals surface area contributed by atoms with Crippen molar-refractivity contribution in [2.45, 2.75) is 86.0 Å². The minimum atomic E-state index is -0.806. The molecule has 6 unspecified atom stereocenters. The number of ether oxygens (including phenoxy) is 4. The van der Waals surface area contributed by atoms with Gasteiger partial charge in [-0.2, -0.15) is 23.5 Å². The predicted octanol–water partition coefficient (Wildman–Crippen LogP) is 3.93. The van der Waals surface area contributed by atoms with Crippen LogP contribution in [0.1, 0.15) is 51.4 Å². The first-order chi connectivity index (χ1) is 22.2. The van der Waals surface area contributed by atoms with Gasteiger partial charge in [0.25, 0.3) is 0 Å². The normalized spacial score (nSPS) is 25.6. The third-order valence-electron chi connectivity index (χ3n) is 7.85. The van der Waals surface area contributed by atoms with E-state index in [-0.39, 0.29) is 52.7 Å². The third kappa shape index (κ3) is 9.86. The van der Waals surface area contributed by atoms with E-state index in [0.29, 0.717) is 24.3 Å². The summed E-state index contributed by atoms with van der Waals surface area (Å²) in [5.41, 5.74) is 8.18. The Balaban J connectivity index is 0.000000251. The SMILES string of the molecule is COC(=O)CCCCC1SCC2C1NC(=O)N2C(=O)OCCl.COC(=O)CCCCC1SCC2C1NC(=O)N2C(=O)OCN=[N+]=[N-]. The molecule has 0 aromatic carbocycles. The van der Waals surface area contributed by atoms with E-state index in [9.17, 15) is 28.8 Å². The number of nitrogens with zero attached hydrogens (tertiary/aromatic N) is 5. The van der Waals surface area contributed by atoms with Crippen molar-refractivity contribution >= 4 is 71.3 Å². The van der Waals surface area contributed by atoms with Crippen molar-refractivity contribution in [3.8, 4) is 0 Å². The average Bonchev–Trinajstić information content (AvgIpc) is 3.78. The molecule has 0 radical (unpaired) electrons. The molecule has 6 amide bonds. The van der Waals surface area contributed by atoms with E-state index < -0.39 is 31.0 Å². The number of urea groups is 2. The molecule has 4 fully saturated rings. The first-order valence-corrected chi connectivity index (χ1v) is 17.3. The van der Waals surface area contributed by atoms with E-state index in [1.165, 1.54) is 14.2 Å². The molecule has 17 nitrogen and oxygen atoms in total. The Labute approximate surface area is 279 Å². The van der Waals surface area contributed by atoms with Gasteiger partial charge < -0.3 is 29.6 Å². The second kappa shape index (κ2) is 18.8. The van der Waals surface area contributed by atoms with E-state index in [0.717, 1.165) is 48.3 Å². The Morgan fingerprint density at radius 1 is 0.848 bits per heavy atom. The Kier molecular flexibility index (Phi) is 15.2. The number of methoxy groups -OCH3 is 2. The van der Waals surface area contributed by atoms with Crippen molar-refractivity contribution in [1.29, 1.82) is 0 Å². The molecule has 4 aliphatic heterocycles. The second-order valence-electron chi connectivity index (χ2n) is 10.5. The average molecular weight is 708 g/mol. The highest BCUT2D eigenvalue weighted by Gasteiger charge is 2.52. The monoisotopic (exact) mass is 707 g/mol. The maximum atomic E-state index is 12.0. The largest absolute Gasteiger partial charge is 0.469 e. The van der Waals surface area contributed by atoms with Crippen LogP contribution in [0.5, 0.6) is 0 Å². The van der Waals surface area contributed by atoms with Crippen LogP contribution in [-0.4, -0.2) is 119 Å². The zero-order valence-corrected chi connectivity index (χ0v) is 27.9. The fraction of sp³-hybridized carbons (Fsp3) is 0.769. The molecule has 0 aliphatic carbocycles. The Bertz CT molecular complexity index is 1180. The van der Waals surface area contributed by atoms with Crippen LogP contribution in [0.3, 0.4) is 0 Å². The number of hydrogen-bond acceptors (Lipinski definition) is 13. The number of esters is 2. The minimum Gasteiger partial charge on any atom is -0.469 e. The third-order valence-corrected chi connectivity index (χ3v) is 10.9. The van der Waals surface area contributed by atoms with Crippen molar-refractivity contribution < 1.29 is 47.7 Å². The fourth-order valence-electron chi connectivity index (χ4n) is 5.62. The number of nitrogens with one attached hydrogen (secondary N) is 2. The van der Waals surface area contributed by atoms with Gasteiger partial charge in [0.05, 0.1) is 38.4 Å². The van der Waals surface area contributed by atoms with Gasteiger partial charge in [-0.1, -0.05) is 29.6 Å². The highest BCUT2D eigenvalue weighted by atomic mass is 35.5. The molecule has 0 saturated carbocycles. The van der Waals surface area contributed by atoms with Gasteiger partial charge in [0, 0.05) is 39.8 Å². The summed E-state index contributed by atoms with van der Waals surface area (Å²) in [4.78, 5) is 74.4. The summed E-state index contributed by atoms with van der Waals surface area (Å²) in [6.07, 6.45) is 4.19. The topological polar surface area (TPSA) is 219 Å². The smallest absolute Gasteiger partial charge is 0.419 e. The fourth-order valence-corrected chi connectivity index (χ4v) is 8.90. The lowest BCUT2D eigenvalue weighted by Crippen LogP contribution is -2.41. The molecule has 0 aromatic rings. The Morgan fingerprint density at radius 3 is 1.72 bits per heavy atom. The minimum absolute atomic E-state index is 0.0708. The van der Waals surface area contributed by atoms with E-state index in [1.54, 1.807) is 23.5 Å². The lowest BCUT2D eigenvalue weighted by atomic mass is 10.0. The summed E-state index contributed by atoms with van der Waals surface area (Å²) < 4.78 is 18.7. The van der Waals surface area contributed by atoms with Gasteiger partial charge in [0.1, 0.15) is 0 Å². The molecule has 2 N–H and O–H groups in total. The van der Waals surface area contributed by atoms with Gasteiger partial charge in [-0.05, 0) is 31.2 Å². The number of carbonyl (C=O) groups excluding carboxylic acids is 6. The van der Waals surface area contributed by atoms with Crippen LogP contribution < -0.4 is 10.6 Å². The highest BCUT2D eigenvalue weighted by molar-refractivity contribution is 8.00. The number of azide groups is 1. The van der Waals surface area contributed by atoms with Crippen LogP contribution in [0.15, 0.2) is 5.11 Å². The number of thioether (sulfide) groups is 2. The molecular formula is C26H38ClN7O10S2. The molecule has 6 atom stereocenters. The lowest BCUT2D eigenvalue weighted by molar-refractivity contribution is -0.141. The molecule has 4 saturated heterocycles. The number of halogens is 1. The molecule has 46 heavy (non-hydrogen) atoms. The number of rotatable bonds is 13. The van der Waals surface area contributed by atoms with E-state index in [2.05, 4.69) is 30.1 Å². The standard InChI is InChI=1S/C13H19ClN2O5S.C13H19N5O5S/c1-20-10(17)5-3-2-4-9-11-8(6-22-9)16(12(18)15-11)13(19)21-7-14;1-22-10(19)5-3-2-4-9-11-8(6-24-9)18(12(20)16-11)13(21)23-7-15-17-14/h8-9,11H,2-7H2,1H3,(H,15,18);8-9,11H,2-7H2,1H3,(H,16,20). The van der Waals surface area contributed by atoms with Crippen LogP contribution in [0.4, 0.5) is 19.2 Å². The van der Waals surface area contributed by atoms with Crippen LogP contribution in [-0.2, 0) is 28.5 Å². The molecule has 0 spiro atoms. The number of fused-ring (bicyclic) bond motifs is 2.